The summed E-state index contributed by atoms with van der Waals surface area (Å²) >= 11 is 1.93. The third-order valence-electron chi connectivity index (χ3n) is 3.17. The van der Waals surface area contributed by atoms with Crippen molar-refractivity contribution in [3.8, 4) is 5.75 Å². The lowest BCUT2D eigenvalue weighted by atomic mass is 10.2. The van der Waals surface area contributed by atoms with Gasteiger partial charge in [0.2, 0.25) is 0 Å². The van der Waals surface area contributed by atoms with Crippen molar-refractivity contribution in [3.05, 3.63) is 28.7 Å². The van der Waals surface area contributed by atoms with Gasteiger partial charge in [0.1, 0.15) is 5.75 Å². The Labute approximate surface area is 103 Å². The number of hydrogen-bond donors (Lipinski definition) is 2. The van der Waals surface area contributed by atoms with E-state index >= 15 is 0 Å². The molecule has 1 aliphatic rings. The number of aromatic nitrogens is 2. The van der Waals surface area contributed by atoms with Gasteiger partial charge in [-0.1, -0.05) is 0 Å². The van der Waals surface area contributed by atoms with Crippen LogP contribution < -0.4 is 5.69 Å². The number of nitrogens with one attached hydrogen (secondary N) is 1. The zero-order valence-corrected chi connectivity index (χ0v) is 10.2. The van der Waals surface area contributed by atoms with Gasteiger partial charge in [0, 0.05) is 17.9 Å². The summed E-state index contributed by atoms with van der Waals surface area (Å²) in [5.74, 6) is 1.39. The predicted molar refractivity (Wildman–Crippen MR) is 69.7 cm³/mol. The molecule has 2 heterocycles. The van der Waals surface area contributed by atoms with E-state index in [1.165, 1.54) is 18.6 Å². The molecule has 17 heavy (non-hydrogen) atoms. The fourth-order valence-electron chi connectivity index (χ4n) is 2.31. The fraction of sp³-hybridized carbons (Fsp3) is 0.417. The van der Waals surface area contributed by atoms with Gasteiger partial charge in [-0.2, -0.15) is 11.8 Å². The van der Waals surface area contributed by atoms with E-state index < -0.39 is 0 Å². The molecule has 1 fully saturated rings. The average Bonchev–Trinajstić information content (AvgIpc) is 2.90. The summed E-state index contributed by atoms with van der Waals surface area (Å²) in [5.41, 5.74) is 1.50. The number of phenols is 1. The molecule has 1 atom stereocenters. The van der Waals surface area contributed by atoms with Crippen molar-refractivity contribution >= 4 is 22.8 Å². The van der Waals surface area contributed by atoms with Crippen LogP contribution in [0.25, 0.3) is 11.0 Å². The van der Waals surface area contributed by atoms with Crippen molar-refractivity contribution in [2.45, 2.75) is 24.6 Å². The van der Waals surface area contributed by atoms with Crippen LogP contribution in [0, 0.1) is 0 Å². The highest BCUT2D eigenvalue weighted by molar-refractivity contribution is 8.00. The Hall–Kier alpha value is -1.36. The summed E-state index contributed by atoms with van der Waals surface area (Å²) in [6.45, 7) is 0.729. The number of hydrogen-bond acceptors (Lipinski definition) is 3. The number of aromatic amines is 1. The smallest absolute Gasteiger partial charge is 0.326 e. The van der Waals surface area contributed by atoms with E-state index in [4.69, 9.17) is 0 Å². The Morgan fingerprint density at radius 3 is 3.18 bits per heavy atom. The number of phenolic OH excluding ortho intramolecular Hbond substituents is 1. The van der Waals surface area contributed by atoms with Gasteiger partial charge in [0.25, 0.3) is 0 Å². The Bertz CT molecular complexity index is 596. The molecule has 2 aromatic rings. The summed E-state index contributed by atoms with van der Waals surface area (Å²) in [6.07, 6.45) is 2.40. The lowest BCUT2D eigenvalue weighted by Crippen LogP contribution is -2.21. The summed E-state index contributed by atoms with van der Waals surface area (Å²) in [4.78, 5) is 14.7. The predicted octanol–water partition coefficient (Wildman–Crippen LogP) is 1.93. The number of imidazole rings is 1. The largest absolute Gasteiger partial charge is 0.508 e. The van der Waals surface area contributed by atoms with Crippen LogP contribution >= 0.6 is 11.8 Å². The fourth-order valence-corrected chi connectivity index (χ4v) is 3.57. The number of fused-ring (bicyclic) bond motifs is 1. The minimum Gasteiger partial charge on any atom is -0.508 e. The lowest BCUT2D eigenvalue weighted by molar-refractivity contribution is 0.475. The third kappa shape index (κ3) is 1.95. The van der Waals surface area contributed by atoms with Crippen LogP contribution in [0.15, 0.2) is 23.0 Å². The molecule has 0 bridgehead atoms. The third-order valence-corrected chi connectivity index (χ3v) is 4.55. The summed E-state index contributed by atoms with van der Waals surface area (Å²) in [6, 6.07) is 4.98. The standard InChI is InChI=1S/C12H14N2O2S/c15-8-3-4-10-11(6-8)14(12(16)13-10)7-9-2-1-5-17-9/h3-4,6,9,15H,1-2,5,7H2,(H,13,16). The van der Waals surface area contributed by atoms with E-state index in [2.05, 4.69) is 4.98 Å². The van der Waals surface area contributed by atoms with Crippen LogP contribution in [0.1, 0.15) is 12.8 Å². The van der Waals surface area contributed by atoms with Gasteiger partial charge in [-0.05, 0) is 30.7 Å². The van der Waals surface area contributed by atoms with Gasteiger partial charge in [-0.25, -0.2) is 4.79 Å². The number of rotatable bonds is 2. The van der Waals surface area contributed by atoms with E-state index in [0.29, 0.717) is 5.25 Å². The Balaban J connectivity index is 2.04. The van der Waals surface area contributed by atoms with E-state index in [-0.39, 0.29) is 11.4 Å². The van der Waals surface area contributed by atoms with Crippen LogP contribution in [0.4, 0.5) is 0 Å². The Kier molecular flexibility index (Phi) is 2.63. The molecule has 1 aromatic carbocycles. The molecule has 0 aliphatic carbocycles. The van der Waals surface area contributed by atoms with Gasteiger partial charge < -0.3 is 10.1 Å². The molecule has 2 N–H and O–H groups in total. The molecule has 0 amide bonds. The topological polar surface area (TPSA) is 58.0 Å². The first-order valence-electron chi connectivity index (χ1n) is 5.77. The van der Waals surface area contributed by atoms with E-state index in [1.807, 2.05) is 11.8 Å². The summed E-state index contributed by atoms with van der Waals surface area (Å²) in [7, 11) is 0. The highest BCUT2D eigenvalue weighted by Crippen LogP contribution is 2.28. The molecule has 1 aromatic heterocycles. The van der Waals surface area contributed by atoms with Crippen molar-refractivity contribution in [1.82, 2.24) is 9.55 Å². The van der Waals surface area contributed by atoms with Crippen LogP contribution in [0.3, 0.4) is 0 Å². The second-order valence-corrected chi connectivity index (χ2v) is 5.79. The number of benzene rings is 1. The van der Waals surface area contributed by atoms with Gasteiger partial charge in [0.05, 0.1) is 11.0 Å². The van der Waals surface area contributed by atoms with Crippen molar-refractivity contribution in [3.63, 3.8) is 0 Å². The molecule has 1 saturated heterocycles. The highest BCUT2D eigenvalue weighted by Gasteiger charge is 2.18. The van der Waals surface area contributed by atoms with Crippen molar-refractivity contribution in [2.75, 3.05) is 5.75 Å². The van der Waals surface area contributed by atoms with Crippen molar-refractivity contribution < 1.29 is 5.11 Å². The Morgan fingerprint density at radius 1 is 1.53 bits per heavy atom. The van der Waals surface area contributed by atoms with Gasteiger partial charge in [0.15, 0.2) is 0 Å². The average molecular weight is 250 g/mol. The molecular weight excluding hydrogens is 236 g/mol. The SMILES string of the molecule is O=c1[nH]c2ccc(O)cc2n1CC1CCCS1. The van der Waals surface area contributed by atoms with Crippen LogP contribution in [0.2, 0.25) is 0 Å². The summed E-state index contributed by atoms with van der Waals surface area (Å²) < 4.78 is 1.73. The molecule has 0 spiro atoms. The molecule has 1 aliphatic heterocycles. The number of H-pyrrole nitrogens is 1. The normalized spacial score (nSPS) is 20.1. The maximum atomic E-state index is 11.9. The lowest BCUT2D eigenvalue weighted by Gasteiger charge is -2.09. The maximum Gasteiger partial charge on any atom is 0.326 e. The summed E-state index contributed by atoms with van der Waals surface area (Å²) in [5, 5.41) is 10.0. The number of thioether (sulfide) groups is 1. The quantitative estimate of drug-likeness (QED) is 0.856. The molecule has 90 valence electrons. The molecule has 0 saturated carbocycles. The molecule has 3 rings (SSSR count). The van der Waals surface area contributed by atoms with E-state index in [9.17, 15) is 9.90 Å². The van der Waals surface area contributed by atoms with Gasteiger partial charge in [-0.15, -0.1) is 0 Å². The minimum atomic E-state index is -0.0851. The Morgan fingerprint density at radius 2 is 2.41 bits per heavy atom. The molecule has 0 radical (unpaired) electrons. The second-order valence-electron chi connectivity index (χ2n) is 4.38. The molecule has 1 unspecified atom stereocenters. The first kappa shape index (κ1) is 10.8. The van der Waals surface area contributed by atoms with Gasteiger partial charge >= 0.3 is 5.69 Å². The van der Waals surface area contributed by atoms with Crippen molar-refractivity contribution in [1.29, 1.82) is 0 Å². The van der Waals surface area contributed by atoms with Crippen LogP contribution in [-0.4, -0.2) is 25.7 Å². The van der Waals surface area contributed by atoms with Crippen LogP contribution in [-0.2, 0) is 6.54 Å². The maximum absolute atomic E-state index is 11.9. The minimum absolute atomic E-state index is 0.0851. The first-order chi connectivity index (χ1) is 8.24. The second kappa shape index (κ2) is 4.14. The van der Waals surface area contributed by atoms with E-state index in [1.54, 1.807) is 22.8 Å². The zero-order valence-electron chi connectivity index (χ0n) is 9.35. The first-order valence-corrected chi connectivity index (χ1v) is 6.82. The van der Waals surface area contributed by atoms with E-state index in [0.717, 1.165) is 17.6 Å². The molecule has 5 heteroatoms. The molecule has 4 nitrogen and oxygen atoms in total. The highest BCUT2D eigenvalue weighted by atomic mass is 32.2. The number of nitrogens with zero attached hydrogens (tertiary/aromatic N) is 1. The van der Waals surface area contributed by atoms with Crippen molar-refractivity contribution in [2.24, 2.45) is 0 Å². The van der Waals surface area contributed by atoms with Crippen LogP contribution in [0.5, 0.6) is 5.75 Å². The number of aromatic hydroxyl groups is 1. The monoisotopic (exact) mass is 250 g/mol. The molecular formula is C12H14N2O2S. The van der Waals surface area contributed by atoms with Gasteiger partial charge in [-0.3, -0.25) is 4.57 Å². The zero-order chi connectivity index (χ0) is 11.8.